The number of amides is 1. The second-order valence-electron chi connectivity index (χ2n) is 8.12. The van der Waals surface area contributed by atoms with Crippen molar-refractivity contribution >= 4 is 39.5 Å². The van der Waals surface area contributed by atoms with Gasteiger partial charge >= 0.3 is 5.30 Å². The summed E-state index contributed by atoms with van der Waals surface area (Å²) in [7, 11) is 1.04. The van der Waals surface area contributed by atoms with Crippen molar-refractivity contribution < 1.29 is 14.3 Å². The first-order valence-corrected chi connectivity index (χ1v) is 12.2. The van der Waals surface area contributed by atoms with Crippen LogP contribution in [0.5, 0.6) is 0 Å². The monoisotopic (exact) mass is 491 g/mol. The van der Waals surface area contributed by atoms with Crippen LogP contribution in [-0.2, 0) is 16.1 Å². The Bertz CT molecular complexity index is 1030. The molecule has 14 nitrogen and oxygen atoms in total. The topological polar surface area (TPSA) is 149 Å². The smallest absolute Gasteiger partial charge is 0.375 e. The molecule has 0 aromatic carbocycles. The molecule has 0 spiro atoms. The second kappa shape index (κ2) is 10.4. The zero-order chi connectivity index (χ0) is 24.1. The molecule has 2 aromatic heterocycles. The lowest BCUT2D eigenvalue weighted by molar-refractivity contribution is -0.119. The summed E-state index contributed by atoms with van der Waals surface area (Å²) in [6, 6.07) is 1.81. The first-order chi connectivity index (χ1) is 16.4. The third-order valence-electron chi connectivity index (χ3n) is 5.58. The highest BCUT2D eigenvalue weighted by molar-refractivity contribution is 8.26. The van der Waals surface area contributed by atoms with Crippen molar-refractivity contribution in [3.8, 4) is 0 Å². The van der Waals surface area contributed by atoms with E-state index < -0.39 is 16.2 Å². The Kier molecular flexibility index (Phi) is 7.33. The predicted octanol–water partition coefficient (Wildman–Crippen LogP) is -0.374. The number of tetrazole rings is 1. The molecular weight excluding hydrogens is 462 g/mol. The number of rotatable bonds is 8. The first-order valence-electron chi connectivity index (χ1n) is 10.9. The highest BCUT2D eigenvalue weighted by Gasteiger charge is 2.42. The number of aromatic nitrogens is 6. The van der Waals surface area contributed by atoms with Crippen LogP contribution in [0.3, 0.4) is 0 Å². The van der Waals surface area contributed by atoms with Crippen molar-refractivity contribution in [3.63, 3.8) is 0 Å². The molecule has 184 valence electrons. The van der Waals surface area contributed by atoms with Crippen molar-refractivity contribution in [1.82, 2.24) is 45.2 Å². The first kappa shape index (κ1) is 24.0. The number of hydrogen-bond donors (Lipinski definition) is 2. The molecule has 0 saturated carbocycles. The van der Waals surface area contributed by atoms with E-state index in [1.807, 2.05) is 35.3 Å². The number of ether oxygens (including phenoxy) is 1. The molecule has 15 heteroatoms. The van der Waals surface area contributed by atoms with E-state index in [0.29, 0.717) is 63.5 Å². The van der Waals surface area contributed by atoms with Gasteiger partial charge in [0.25, 0.3) is 0 Å². The highest BCUT2D eigenvalue weighted by Crippen LogP contribution is 2.31. The SMILES string of the molecule is CCOC(=O)S1=CC(C)(N(c2nccc(N(C)Cc3nn[nH]n3)n2)N2CCN(C=O)CC2)CN1. The molecule has 2 aromatic rings. The average Bonchev–Trinajstić information content (AvgIpc) is 3.50. The number of hydrazine groups is 1. The van der Waals surface area contributed by atoms with Gasteiger partial charge < -0.3 is 14.5 Å². The summed E-state index contributed by atoms with van der Waals surface area (Å²) in [6.45, 7) is 7.48. The number of piperazine rings is 1. The lowest BCUT2D eigenvalue weighted by atomic mass is 10.1. The molecule has 1 fully saturated rings. The second-order valence-corrected chi connectivity index (χ2v) is 9.66. The van der Waals surface area contributed by atoms with E-state index in [-0.39, 0.29) is 5.30 Å². The third kappa shape index (κ3) is 5.15. The van der Waals surface area contributed by atoms with Crippen LogP contribution in [-0.4, -0.2) is 109 Å². The molecule has 0 aliphatic carbocycles. The number of H-pyrrole nitrogens is 1. The maximum atomic E-state index is 12.4. The Morgan fingerprint density at radius 2 is 2.15 bits per heavy atom. The van der Waals surface area contributed by atoms with Crippen LogP contribution in [0, 0.1) is 0 Å². The van der Waals surface area contributed by atoms with E-state index in [2.05, 4.69) is 35.3 Å². The molecule has 34 heavy (non-hydrogen) atoms. The summed E-state index contributed by atoms with van der Waals surface area (Å²) in [5, 5.41) is 19.9. The molecular formula is C19H29N11O3S. The number of nitrogens with one attached hydrogen (secondary N) is 2. The molecule has 1 amide bonds. The van der Waals surface area contributed by atoms with E-state index in [1.165, 1.54) is 0 Å². The molecule has 2 N–H and O–H groups in total. The predicted molar refractivity (Wildman–Crippen MR) is 127 cm³/mol. The van der Waals surface area contributed by atoms with Gasteiger partial charge in [-0.15, -0.1) is 10.2 Å². The van der Waals surface area contributed by atoms with Gasteiger partial charge in [0, 0.05) is 46.0 Å². The van der Waals surface area contributed by atoms with Crippen molar-refractivity contribution in [2.45, 2.75) is 25.9 Å². The zero-order valence-corrected chi connectivity index (χ0v) is 20.2. The van der Waals surface area contributed by atoms with Gasteiger partial charge in [0.2, 0.25) is 12.4 Å². The Morgan fingerprint density at radius 3 is 2.82 bits per heavy atom. The fraction of sp³-hybridized carbons (Fsp3) is 0.579. The van der Waals surface area contributed by atoms with Gasteiger partial charge in [-0.05, 0) is 36.0 Å². The number of anilines is 2. The summed E-state index contributed by atoms with van der Waals surface area (Å²) in [5.41, 5.74) is -0.593. The summed E-state index contributed by atoms with van der Waals surface area (Å²) in [4.78, 5) is 36.7. The Balaban J connectivity index is 1.65. The molecule has 2 aliphatic rings. The Labute approximate surface area is 199 Å². The van der Waals surface area contributed by atoms with Crippen molar-refractivity contribution in [2.24, 2.45) is 0 Å². The van der Waals surface area contributed by atoms with Crippen LogP contribution in [0.4, 0.5) is 16.6 Å². The van der Waals surface area contributed by atoms with Gasteiger partial charge in [0.1, 0.15) is 5.82 Å². The van der Waals surface area contributed by atoms with E-state index in [9.17, 15) is 9.59 Å². The lowest BCUT2D eigenvalue weighted by Gasteiger charge is -2.46. The van der Waals surface area contributed by atoms with Gasteiger partial charge in [0.05, 0.1) is 18.7 Å². The van der Waals surface area contributed by atoms with E-state index in [0.717, 1.165) is 6.41 Å². The molecule has 2 aliphatic heterocycles. The van der Waals surface area contributed by atoms with Crippen molar-refractivity contribution in [1.29, 1.82) is 0 Å². The van der Waals surface area contributed by atoms with Crippen LogP contribution in [0.1, 0.15) is 19.7 Å². The quantitative estimate of drug-likeness (QED) is 0.282. The van der Waals surface area contributed by atoms with Gasteiger partial charge in [-0.1, -0.05) is 5.21 Å². The van der Waals surface area contributed by atoms with E-state index >= 15 is 0 Å². The van der Waals surface area contributed by atoms with Gasteiger partial charge in [0.15, 0.2) is 5.82 Å². The fourth-order valence-corrected chi connectivity index (χ4v) is 5.55. The number of carbonyl (C=O) groups excluding carboxylic acids is 2. The summed E-state index contributed by atoms with van der Waals surface area (Å²) < 4.78 is 8.50. The van der Waals surface area contributed by atoms with Gasteiger partial charge in [-0.25, -0.2) is 14.8 Å². The molecule has 2 atom stereocenters. The maximum absolute atomic E-state index is 12.4. The fourth-order valence-electron chi connectivity index (χ4n) is 3.87. The summed E-state index contributed by atoms with van der Waals surface area (Å²) in [6.07, 6.45) is 2.57. The standard InChI is InChI=1S/C19H29N11O3S/c1-4-33-18(32)34-13-19(2,12-21-34)30(29-9-7-28(14-31)8-10-29)17-20-6-5-16(22-17)27(3)11-15-23-25-26-24-15/h5-6,13-14,21H,4,7-12H2,1-3H3,(H,23,24,25,26). The van der Waals surface area contributed by atoms with Crippen LogP contribution in [0.15, 0.2) is 12.3 Å². The van der Waals surface area contributed by atoms with Gasteiger partial charge in [-0.2, -0.15) is 10.2 Å². The minimum Gasteiger partial charge on any atom is -0.457 e. The van der Waals surface area contributed by atoms with E-state index in [1.54, 1.807) is 18.0 Å². The lowest BCUT2D eigenvalue weighted by Crippen LogP contribution is -2.63. The summed E-state index contributed by atoms with van der Waals surface area (Å²) in [5.74, 6) is 1.72. The third-order valence-corrected chi connectivity index (χ3v) is 7.26. The van der Waals surface area contributed by atoms with Crippen LogP contribution < -0.4 is 14.6 Å². The number of aromatic amines is 1. The van der Waals surface area contributed by atoms with Crippen molar-refractivity contribution in [2.75, 3.05) is 56.3 Å². The minimum absolute atomic E-state index is 0.286. The molecule has 1 saturated heterocycles. The molecule has 2 unspecified atom stereocenters. The van der Waals surface area contributed by atoms with Crippen molar-refractivity contribution in [3.05, 3.63) is 18.1 Å². The molecule has 0 radical (unpaired) electrons. The maximum Gasteiger partial charge on any atom is 0.375 e. The number of carbonyl (C=O) groups is 2. The number of nitrogens with zero attached hydrogens (tertiary/aromatic N) is 9. The molecule has 0 bridgehead atoms. The molecule has 4 heterocycles. The normalized spacial score (nSPS) is 22.8. The highest BCUT2D eigenvalue weighted by atomic mass is 32.2. The number of hydrogen-bond acceptors (Lipinski definition) is 12. The largest absolute Gasteiger partial charge is 0.457 e. The van der Waals surface area contributed by atoms with Gasteiger partial charge in [-0.3, -0.25) is 14.5 Å². The van der Waals surface area contributed by atoms with Crippen LogP contribution >= 0.6 is 10.7 Å². The zero-order valence-electron chi connectivity index (χ0n) is 19.4. The Hall–Kier alpha value is -3.17. The van der Waals surface area contributed by atoms with Crippen LogP contribution in [0.2, 0.25) is 0 Å². The van der Waals surface area contributed by atoms with Crippen LogP contribution in [0.25, 0.3) is 0 Å². The molecule has 4 rings (SSSR count). The average molecular weight is 492 g/mol. The van der Waals surface area contributed by atoms with E-state index in [4.69, 9.17) is 9.72 Å². The Morgan fingerprint density at radius 1 is 1.35 bits per heavy atom. The summed E-state index contributed by atoms with van der Waals surface area (Å²) >= 11 is 0. The minimum atomic E-state index is -0.849.